The number of ether oxygens (including phenoxy) is 1. The summed E-state index contributed by atoms with van der Waals surface area (Å²) in [6.45, 7) is 7.46. The second kappa shape index (κ2) is 5.65. The summed E-state index contributed by atoms with van der Waals surface area (Å²) in [6.07, 6.45) is 4.58. The smallest absolute Gasteiger partial charge is 0.410 e. The van der Waals surface area contributed by atoms with E-state index >= 15 is 0 Å². The van der Waals surface area contributed by atoms with Gasteiger partial charge in [0.2, 0.25) is 0 Å². The van der Waals surface area contributed by atoms with Crippen molar-refractivity contribution < 1.29 is 19.4 Å². The zero-order chi connectivity index (χ0) is 16.8. The van der Waals surface area contributed by atoms with Crippen LogP contribution < -0.4 is 0 Å². The summed E-state index contributed by atoms with van der Waals surface area (Å²) in [5, 5.41) is 9.36. The van der Waals surface area contributed by atoms with E-state index < -0.39 is 17.1 Å². The second-order valence-electron chi connectivity index (χ2n) is 8.46. The monoisotopic (exact) mass is 324 g/mol. The van der Waals surface area contributed by atoms with Gasteiger partial charge in [-0.1, -0.05) is 0 Å². The first-order chi connectivity index (χ1) is 10.7. The maximum Gasteiger partial charge on any atom is 0.410 e. The van der Waals surface area contributed by atoms with Crippen molar-refractivity contribution in [3.63, 3.8) is 0 Å². The molecule has 0 bridgehead atoms. The number of hydrogen-bond donors (Lipinski definition) is 1. The zero-order valence-corrected chi connectivity index (χ0v) is 14.4. The van der Waals surface area contributed by atoms with E-state index in [1.807, 2.05) is 20.8 Å². The molecule has 1 aliphatic heterocycles. The maximum atomic E-state index is 12.2. The number of rotatable bonds is 6. The lowest BCUT2D eigenvalue weighted by Crippen LogP contribution is -2.72. The first-order valence-corrected chi connectivity index (χ1v) is 8.65. The van der Waals surface area contributed by atoms with E-state index in [0.717, 1.165) is 25.3 Å². The van der Waals surface area contributed by atoms with Crippen molar-refractivity contribution in [2.24, 2.45) is 5.92 Å². The SMILES string of the molecule is CC(C)(C)OC(=O)N1CC(CC(=O)O)(N(CC2CC2)C2CC2)C1. The third kappa shape index (κ3) is 3.97. The average Bonchev–Trinajstić information content (AvgIpc) is 3.21. The van der Waals surface area contributed by atoms with Crippen LogP contribution in [-0.4, -0.2) is 63.8 Å². The Balaban J connectivity index is 1.67. The highest BCUT2D eigenvalue weighted by atomic mass is 16.6. The number of amides is 1. The largest absolute Gasteiger partial charge is 0.481 e. The van der Waals surface area contributed by atoms with Crippen molar-refractivity contribution in [2.45, 2.75) is 70.1 Å². The molecule has 0 aromatic heterocycles. The quantitative estimate of drug-likeness (QED) is 0.812. The lowest BCUT2D eigenvalue weighted by molar-refractivity contribution is -0.146. The molecule has 130 valence electrons. The van der Waals surface area contributed by atoms with Crippen LogP contribution in [-0.2, 0) is 9.53 Å². The van der Waals surface area contributed by atoms with Gasteiger partial charge in [-0.05, 0) is 52.4 Å². The van der Waals surface area contributed by atoms with Crippen LogP contribution in [0.2, 0.25) is 0 Å². The molecule has 3 rings (SSSR count). The number of carboxylic acids is 1. The van der Waals surface area contributed by atoms with Crippen LogP contribution in [0.25, 0.3) is 0 Å². The summed E-state index contributed by atoms with van der Waals surface area (Å²) in [5.74, 6) is -0.0628. The molecule has 0 spiro atoms. The summed E-state index contributed by atoms with van der Waals surface area (Å²) in [7, 11) is 0. The normalized spacial score (nSPS) is 23.6. The number of hydrogen-bond acceptors (Lipinski definition) is 4. The van der Waals surface area contributed by atoms with Crippen molar-refractivity contribution in [2.75, 3.05) is 19.6 Å². The fraction of sp³-hybridized carbons (Fsp3) is 0.882. The standard InChI is InChI=1S/C17H28N2O4/c1-16(2,3)23-15(22)18-10-17(11-18,8-14(20)21)19(13-6-7-13)9-12-4-5-12/h12-13H,4-11H2,1-3H3,(H,20,21). The molecule has 1 N–H and O–H groups in total. The average molecular weight is 324 g/mol. The molecule has 0 unspecified atom stereocenters. The summed E-state index contributed by atoms with van der Waals surface area (Å²) in [4.78, 5) is 27.6. The lowest BCUT2D eigenvalue weighted by Gasteiger charge is -2.55. The Morgan fingerprint density at radius 2 is 1.83 bits per heavy atom. The van der Waals surface area contributed by atoms with Crippen LogP contribution in [0.15, 0.2) is 0 Å². The fourth-order valence-corrected chi connectivity index (χ4v) is 3.49. The van der Waals surface area contributed by atoms with E-state index in [9.17, 15) is 14.7 Å². The Morgan fingerprint density at radius 1 is 1.22 bits per heavy atom. The van der Waals surface area contributed by atoms with Crippen LogP contribution in [0.4, 0.5) is 4.79 Å². The van der Waals surface area contributed by atoms with Crippen LogP contribution >= 0.6 is 0 Å². The Labute approximate surface area is 137 Å². The van der Waals surface area contributed by atoms with Gasteiger partial charge in [0, 0.05) is 25.7 Å². The van der Waals surface area contributed by atoms with Crippen LogP contribution in [0.1, 0.15) is 52.9 Å². The highest BCUT2D eigenvalue weighted by molar-refractivity contribution is 5.73. The molecule has 0 aromatic rings. The van der Waals surface area contributed by atoms with E-state index in [1.54, 1.807) is 4.90 Å². The Bertz CT molecular complexity index is 485. The van der Waals surface area contributed by atoms with Gasteiger partial charge >= 0.3 is 12.1 Å². The summed E-state index contributed by atoms with van der Waals surface area (Å²) < 4.78 is 5.41. The molecule has 6 heteroatoms. The van der Waals surface area contributed by atoms with Gasteiger partial charge in [-0.15, -0.1) is 0 Å². The summed E-state index contributed by atoms with van der Waals surface area (Å²) in [6, 6.07) is 0.510. The van der Waals surface area contributed by atoms with Crippen LogP contribution in [0, 0.1) is 5.92 Å². The van der Waals surface area contributed by atoms with Gasteiger partial charge in [-0.25, -0.2) is 4.79 Å². The molecule has 0 atom stereocenters. The predicted octanol–water partition coefficient (Wildman–Crippen LogP) is 2.33. The molecule has 1 amide bonds. The maximum absolute atomic E-state index is 12.2. The topological polar surface area (TPSA) is 70.1 Å². The number of carboxylic acid groups (broad SMARTS) is 1. The molecule has 0 radical (unpaired) electrons. The molecule has 3 aliphatic rings. The fourth-order valence-electron chi connectivity index (χ4n) is 3.49. The van der Waals surface area contributed by atoms with Gasteiger partial charge in [-0.3, -0.25) is 9.69 Å². The highest BCUT2D eigenvalue weighted by Gasteiger charge is 2.55. The number of carbonyl (C=O) groups excluding carboxylic acids is 1. The zero-order valence-electron chi connectivity index (χ0n) is 14.4. The van der Waals surface area contributed by atoms with Crippen molar-refractivity contribution in [3.05, 3.63) is 0 Å². The highest BCUT2D eigenvalue weighted by Crippen LogP contribution is 2.43. The lowest BCUT2D eigenvalue weighted by atomic mass is 9.83. The van der Waals surface area contributed by atoms with Gasteiger partial charge < -0.3 is 14.7 Å². The molecule has 1 saturated heterocycles. The third-order valence-electron chi connectivity index (χ3n) is 4.85. The number of likely N-dealkylation sites (tertiary alicyclic amines) is 1. The van der Waals surface area contributed by atoms with E-state index in [0.29, 0.717) is 19.1 Å². The van der Waals surface area contributed by atoms with E-state index in [4.69, 9.17) is 4.74 Å². The van der Waals surface area contributed by atoms with Gasteiger partial charge in [-0.2, -0.15) is 0 Å². The second-order valence-corrected chi connectivity index (χ2v) is 8.46. The van der Waals surface area contributed by atoms with E-state index in [-0.39, 0.29) is 12.5 Å². The van der Waals surface area contributed by atoms with Crippen molar-refractivity contribution in [3.8, 4) is 0 Å². The molecule has 0 aromatic carbocycles. The third-order valence-corrected chi connectivity index (χ3v) is 4.85. The van der Waals surface area contributed by atoms with Crippen molar-refractivity contribution in [1.29, 1.82) is 0 Å². The molecule has 6 nitrogen and oxygen atoms in total. The van der Waals surface area contributed by atoms with Crippen LogP contribution in [0.3, 0.4) is 0 Å². The number of nitrogens with zero attached hydrogens (tertiary/aromatic N) is 2. The predicted molar refractivity (Wildman–Crippen MR) is 85.2 cm³/mol. The molecular formula is C17H28N2O4. The molecule has 3 fully saturated rings. The molecule has 2 saturated carbocycles. The molecular weight excluding hydrogens is 296 g/mol. The minimum atomic E-state index is -0.782. The van der Waals surface area contributed by atoms with Gasteiger partial charge in [0.15, 0.2) is 0 Å². The van der Waals surface area contributed by atoms with Crippen molar-refractivity contribution >= 4 is 12.1 Å². The Hall–Kier alpha value is -1.30. The first-order valence-electron chi connectivity index (χ1n) is 8.65. The van der Waals surface area contributed by atoms with Gasteiger partial charge in [0.25, 0.3) is 0 Å². The minimum absolute atomic E-state index is 0.107. The van der Waals surface area contributed by atoms with Gasteiger partial charge in [0.05, 0.1) is 12.0 Å². The van der Waals surface area contributed by atoms with E-state index in [1.165, 1.54) is 12.8 Å². The first kappa shape index (κ1) is 16.6. The van der Waals surface area contributed by atoms with E-state index in [2.05, 4.69) is 4.90 Å². The molecule has 1 heterocycles. The van der Waals surface area contributed by atoms with Crippen LogP contribution in [0.5, 0.6) is 0 Å². The van der Waals surface area contributed by atoms with Gasteiger partial charge in [0.1, 0.15) is 5.60 Å². The minimum Gasteiger partial charge on any atom is -0.481 e. The Kier molecular flexibility index (Phi) is 4.07. The summed E-state index contributed by atoms with van der Waals surface area (Å²) in [5.41, 5.74) is -0.918. The molecule has 23 heavy (non-hydrogen) atoms. The molecule has 2 aliphatic carbocycles. The number of carbonyl (C=O) groups is 2. The number of aliphatic carboxylic acids is 1. The summed E-state index contributed by atoms with van der Waals surface area (Å²) >= 11 is 0. The van der Waals surface area contributed by atoms with Crippen molar-refractivity contribution in [1.82, 2.24) is 9.80 Å². The Morgan fingerprint density at radius 3 is 2.26 bits per heavy atom.